The molecule has 27 heavy (non-hydrogen) atoms. The maximum absolute atomic E-state index is 12.2. The molecule has 0 radical (unpaired) electrons. The molecule has 1 aliphatic heterocycles. The zero-order valence-electron chi connectivity index (χ0n) is 14.7. The Kier molecular flexibility index (Phi) is 10.2. The van der Waals surface area contributed by atoms with Crippen molar-refractivity contribution in [3.05, 3.63) is 46.1 Å². The summed E-state index contributed by atoms with van der Waals surface area (Å²) in [5.74, 6) is 0.589. The summed E-state index contributed by atoms with van der Waals surface area (Å²) < 4.78 is 10.9. The van der Waals surface area contributed by atoms with Crippen molar-refractivity contribution in [1.29, 1.82) is 0 Å². The van der Waals surface area contributed by atoms with Crippen LogP contribution in [0.3, 0.4) is 0 Å². The molecule has 0 aliphatic carbocycles. The number of ether oxygens (including phenoxy) is 1. The van der Waals surface area contributed by atoms with Gasteiger partial charge in [-0.1, -0.05) is 23.2 Å². The van der Waals surface area contributed by atoms with Crippen molar-refractivity contribution in [2.75, 3.05) is 39.4 Å². The lowest BCUT2D eigenvalue weighted by Crippen LogP contribution is -2.38. The number of rotatable bonds is 6. The van der Waals surface area contributed by atoms with Crippen LogP contribution in [-0.4, -0.2) is 55.7 Å². The van der Waals surface area contributed by atoms with Crippen molar-refractivity contribution < 1.29 is 19.4 Å². The molecule has 9 heteroatoms. The Hall–Kier alpha value is -1.28. The van der Waals surface area contributed by atoms with Crippen LogP contribution < -0.4 is 5.32 Å². The summed E-state index contributed by atoms with van der Waals surface area (Å²) in [6.07, 6.45) is 0.891. The number of morpholine rings is 1. The highest BCUT2D eigenvalue weighted by atomic mass is 35.5. The standard InChI is InChI=1S/C18H20Cl2N2O3.ClH.H2O/c19-13-2-3-14(15(20)12-13)16-4-5-17(25-16)18(23)21-6-1-7-22-8-10-24-11-9-22;;/h2-5,12H,1,6-11H2,(H,21,23);1H;1H2. The molecule has 2 heterocycles. The molecule has 0 unspecified atom stereocenters. The van der Waals surface area contributed by atoms with Gasteiger partial charge in [0.25, 0.3) is 5.91 Å². The second-order valence-electron chi connectivity index (χ2n) is 5.85. The number of carbonyl (C=O) groups is 1. The molecule has 1 amide bonds. The maximum atomic E-state index is 12.2. The minimum atomic E-state index is -0.224. The van der Waals surface area contributed by atoms with E-state index < -0.39 is 0 Å². The molecule has 0 bridgehead atoms. The highest BCUT2D eigenvalue weighted by Gasteiger charge is 2.14. The predicted octanol–water partition coefficient (Wildman–Crippen LogP) is 3.30. The lowest BCUT2D eigenvalue weighted by atomic mass is 10.2. The van der Waals surface area contributed by atoms with Gasteiger partial charge >= 0.3 is 0 Å². The fourth-order valence-corrected chi connectivity index (χ4v) is 3.21. The van der Waals surface area contributed by atoms with E-state index in [4.69, 9.17) is 32.4 Å². The van der Waals surface area contributed by atoms with Gasteiger partial charge in [-0.05, 0) is 43.3 Å². The molecule has 0 spiro atoms. The summed E-state index contributed by atoms with van der Waals surface area (Å²) in [7, 11) is 0. The van der Waals surface area contributed by atoms with Gasteiger partial charge in [0.2, 0.25) is 0 Å². The third kappa shape index (κ3) is 6.68. The van der Waals surface area contributed by atoms with E-state index in [1.165, 1.54) is 0 Å². The van der Waals surface area contributed by atoms with Crippen molar-refractivity contribution in [3.8, 4) is 11.3 Å². The lowest BCUT2D eigenvalue weighted by Gasteiger charge is -2.26. The second kappa shape index (κ2) is 11.5. The SMILES string of the molecule is Cl.O.O=C(NCCCN1CCOCC1)c1ccc(-c2ccc(Cl)cc2Cl)o1. The first-order valence-corrected chi connectivity index (χ1v) is 9.02. The molecule has 1 aromatic carbocycles. The minimum Gasteiger partial charge on any atom is -0.451 e. The molecule has 3 rings (SSSR count). The fraction of sp³-hybridized carbons (Fsp3) is 0.389. The van der Waals surface area contributed by atoms with E-state index in [-0.39, 0.29) is 29.6 Å². The first kappa shape index (κ1) is 23.8. The van der Waals surface area contributed by atoms with Crippen LogP contribution in [-0.2, 0) is 4.74 Å². The van der Waals surface area contributed by atoms with E-state index in [2.05, 4.69) is 10.2 Å². The number of benzene rings is 1. The number of nitrogens with one attached hydrogen (secondary N) is 1. The van der Waals surface area contributed by atoms with Gasteiger partial charge in [0, 0.05) is 30.2 Å². The summed E-state index contributed by atoms with van der Waals surface area (Å²) in [6, 6.07) is 8.53. The van der Waals surface area contributed by atoms with E-state index in [0.717, 1.165) is 39.3 Å². The highest BCUT2D eigenvalue weighted by molar-refractivity contribution is 6.36. The predicted molar refractivity (Wildman–Crippen MR) is 109 cm³/mol. The average Bonchev–Trinajstić information content (AvgIpc) is 3.09. The van der Waals surface area contributed by atoms with Gasteiger partial charge < -0.3 is 19.9 Å². The van der Waals surface area contributed by atoms with E-state index in [1.807, 2.05) is 0 Å². The summed E-state index contributed by atoms with van der Waals surface area (Å²) in [5, 5.41) is 3.92. The fourth-order valence-electron chi connectivity index (χ4n) is 2.71. The number of hydrogen-bond acceptors (Lipinski definition) is 4. The third-order valence-electron chi connectivity index (χ3n) is 4.07. The van der Waals surface area contributed by atoms with Crippen LogP contribution in [0.1, 0.15) is 17.0 Å². The zero-order valence-corrected chi connectivity index (χ0v) is 17.0. The quantitative estimate of drug-likeness (QED) is 0.703. The molecule has 2 aromatic rings. The summed E-state index contributed by atoms with van der Waals surface area (Å²) >= 11 is 12.1. The smallest absolute Gasteiger partial charge is 0.287 e. The Labute approximate surface area is 174 Å². The van der Waals surface area contributed by atoms with Gasteiger partial charge in [-0.2, -0.15) is 0 Å². The van der Waals surface area contributed by atoms with Gasteiger partial charge in [0.1, 0.15) is 5.76 Å². The number of halogens is 3. The van der Waals surface area contributed by atoms with Crippen molar-refractivity contribution >= 4 is 41.5 Å². The van der Waals surface area contributed by atoms with Crippen molar-refractivity contribution in [2.24, 2.45) is 0 Å². The molecule has 0 saturated carbocycles. The normalized spacial score (nSPS) is 14.1. The van der Waals surface area contributed by atoms with Gasteiger partial charge in [-0.25, -0.2) is 0 Å². The van der Waals surface area contributed by atoms with Crippen LogP contribution in [0.2, 0.25) is 10.0 Å². The molecule has 1 saturated heterocycles. The van der Waals surface area contributed by atoms with Crippen molar-refractivity contribution in [3.63, 3.8) is 0 Å². The molecule has 1 aliphatic rings. The summed E-state index contributed by atoms with van der Waals surface area (Å²) in [6.45, 7) is 5.04. The number of carbonyl (C=O) groups excluding carboxylic acids is 1. The number of furan rings is 1. The Morgan fingerprint density at radius 3 is 2.59 bits per heavy atom. The van der Waals surface area contributed by atoms with Gasteiger partial charge in [0.05, 0.1) is 18.2 Å². The van der Waals surface area contributed by atoms with Crippen molar-refractivity contribution in [1.82, 2.24) is 10.2 Å². The number of amides is 1. The Morgan fingerprint density at radius 2 is 1.89 bits per heavy atom. The molecule has 1 aromatic heterocycles. The Bertz CT molecular complexity index is 733. The van der Waals surface area contributed by atoms with Gasteiger partial charge in [0.15, 0.2) is 5.76 Å². The monoisotopic (exact) mass is 436 g/mol. The number of nitrogens with zero attached hydrogens (tertiary/aromatic N) is 1. The Morgan fingerprint density at radius 1 is 1.15 bits per heavy atom. The second-order valence-corrected chi connectivity index (χ2v) is 6.70. The van der Waals surface area contributed by atoms with Crippen LogP contribution in [0.25, 0.3) is 11.3 Å². The lowest BCUT2D eigenvalue weighted by molar-refractivity contribution is 0.0374. The number of hydrogen-bond donors (Lipinski definition) is 1. The van der Waals surface area contributed by atoms with Crippen LogP contribution >= 0.6 is 35.6 Å². The zero-order chi connectivity index (χ0) is 17.6. The highest BCUT2D eigenvalue weighted by Crippen LogP contribution is 2.31. The molecule has 0 atom stereocenters. The van der Waals surface area contributed by atoms with Gasteiger partial charge in [-0.3, -0.25) is 9.69 Å². The minimum absolute atomic E-state index is 0. The first-order chi connectivity index (χ1) is 12.1. The van der Waals surface area contributed by atoms with E-state index >= 15 is 0 Å². The van der Waals surface area contributed by atoms with Crippen molar-refractivity contribution in [2.45, 2.75) is 6.42 Å². The van der Waals surface area contributed by atoms with E-state index in [0.29, 0.717) is 27.9 Å². The Balaban J connectivity index is 0.00000182. The van der Waals surface area contributed by atoms with E-state index in [9.17, 15) is 4.79 Å². The van der Waals surface area contributed by atoms with E-state index in [1.54, 1.807) is 30.3 Å². The first-order valence-electron chi connectivity index (χ1n) is 8.27. The topological polar surface area (TPSA) is 86.2 Å². The molecular weight excluding hydrogens is 415 g/mol. The maximum Gasteiger partial charge on any atom is 0.287 e. The molecule has 3 N–H and O–H groups in total. The van der Waals surface area contributed by atoms with Crippen LogP contribution in [0.5, 0.6) is 0 Å². The molecular formula is C18H23Cl3N2O4. The summed E-state index contributed by atoms with van der Waals surface area (Å²) in [4.78, 5) is 14.5. The molecule has 150 valence electrons. The average molecular weight is 438 g/mol. The molecule has 6 nitrogen and oxygen atoms in total. The summed E-state index contributed by atoms with van der Waals surface area (Å²) in [5.41, 5.74) is 0.706. The van der Waals surface area contributed by atoms with Crippen LogP contribution in [0, 0.1) is 0 Å². The molecule has 1 fully saturated rings. The van der Waals surface area contributed by atoms with Crippen LogP contribution in [0.15, 0.2) is 34.7 Å². The third-order valence-corrected chi connectivity index (χ3v) is 4.61. The largest absolute Gasteiger partial charge is 0.451 e. The van der Waals surface area contributed by atoms with Crippen LogP contribution in [0.4, 0.5) is 0 Å². The van der Waals surface area contributed by atoms with Gasteiger partial charge in [-0.15, -0.1) is 12.4 Å².